The van der Waals surface area contributed by atoms with Crippen LogP contribution < -0.4 is 0 Å². The number of hydrogen-bond donors (Lipinski definition) is 0. The third-order valence-corrected chi connectivity index (χ3v) is 1.34. The lowest BCUT2D eigenvalue weighted by atomic mass is 11.8. The van der Waals surface area contributed by atoms with Gasteiger partial charge in [0.2, 0.25) is 0 Å². The quantitative estimate of drug-likeness (QED) is 0.464. The Labute approximate surface area is 50.9 Å². The Morgan fingerprint density at radius 3 is 2.14 bits per heavy atom. The summed E-state index contributed by atoms with van der Waals surface area (Å²) < 4.78 is 24.1. The van der Waals surface area contributed by atoms with Crippen LogP contribution in [0.15, 0.2) is 0 Å². The lowest BCUT2D eigenvalue weighted by Gasteiger charge is -1.89. The largest absolute Gasteiger partial charge is 0.265 e. The van der Waals surface area contributed by atoms with Crippen molar-refractivity contribution in [2.24, 2.45) is 0 Å². The van der Waals surface area contributed by atoms with E-state index >= 15 is 0 Å². The van der Waals surface area contributed by atoms with Gasteiger partial charge in [-0.25, -0.2) is 0 Å². The van der Waals surface area contributed by atoms with E-state index in [0.29, 0.717) is 0 Å². The molecule has 0 aliphatic carbocycles. The molecule has 0 rings (SSSR count). The van der Waals surface area contributed by atoms with Crippen LogP contribution in [0.1, 0.15) is 0 Å². The van der Waals surface area contributed by atoms with Crippen molar-refractivity contribution in [2.45, 2.75) is 0 Å². The van der Waals surface area contributed by atoms with Gasteiger partial charge in [-0.15, -0.1) is 0 Å². The van der Waals surface area contributed by atoms with Gasteiger partial charge in [-0.05, 0) is 0 Å². The topological polar surface area (TPSA) is 43.4 Å². The Bertz CT molecular complexity index is 126. The molecule has 0 N–H and O–H groups in total. The van der Waals surface area contributed by atoms with E-state index in [1.165, 1.54) is 0 Å². The molecule has 0 unspecified atom stereocenters. The lowest BCUT2D eigenvalue weighted by molar-refractivity contribution is 0.390. The fourth-order valence-electron chi connectivity index (χ4n) is 0.0809. The molecule has 0 aliphatic rings. The molecule has 3 nitrogen and oxygen atoms in total. The number of alkyl halides is 1. The Morgan fingerprint density at radius 1 is 1.71 bits per heavy atom. The smallest absolute Gasteiger partial charge is 0.259 e. The maximum Gasteiger partial charge on any atom is 0.265 e. The van der Waals surface area contributed by atoms with Crippen molar-refractivity contribution in [3.63, 3.8) is 0 Å². The third-order valence-electron chi connectivity index (χ3n) is 0.259. The first-order chi connectivity index (χ1) is 3.06. The van der Waals surface area contributed by atoms with Crippen molar-refractivity contribution >= 4 is 26.0 Å². The van der Waals surface area contributed by atoms with Crippen LogP contribution in [0, 0.1) is 0 Å². The number of halogens is 1. The summed E-state index contributed by atoms with van der Waals surface area (Å²) in [4.78, 5) is 0. The highest BCUT2D eigenvalue weighted by molar-refractivity contribution is 9.09. The van der Waals surface area contributed by atoms with Crippen molar-refractivity contribution in [1.29, 1.82) is 0 Å². The highest BCUT2D eigenvalue weighted by Gasteiger charge is 1.95. The van der Waals surface area contributed by atoms with Gasteiger partial charge in [0.25, 0.3) is 10.1 Å². The molecule has 0 heterocycles. The second-order valence-corrected chi connectivity index (χ2v) is 3.03. The first-order valence-corrected chi connectivity index (χ1v) is 4.40. The molecule has 0 bridgehead atoms. The second-order valence-electron chi connectivity index (χ2n) is 0.931. The molecule has 0 aromatic rings. The minimum Gasteiger partial charge on any atom is -0.259 e. The van der Waals surface area contributed by atoms with E-state index in [2.05, 4.69) is 20.1 Å². The normalized spacial score (nSPS) is 11.7. The van der Waals surface area contributed by atoms with Crippen molar-refractivity contribution in [1.82, 2.24) is 0 Å². The van der Waals surface area contributed by atoms with Crippen molar-refractivity contribution in [3.8, 4) is 0 Å². The lowest BCUT2D eigenvalue weighted by Crippen LogP contribution is -1.99. The third kappa shape index (κ3) is 6.39. The summed E-state index contributed by atoms with van der Waals surface area (Å²) in [6.07, 6.45) is 0.994. The Balaban J connectivity index is 3.60. The van der Waals surface area contributed by atoms with E-state index in [9.17, 15) is 8.42 Å². The average Bonchev–Trinajstić information content (AvgIpc) is 1.30. The summed E-state index contributed by atoms with van der Waals surface area (Å²) in [7, 11) is -3.22. The van der Waals surface area contributed by atoms with E-state index in [4.69, 9.17) is 0 Å². The maximum atomic E-state index is 9.98. The molecule has 7 heavy (non-hydrogen) atoms. The minimum atomic E-state index is -3.22. The van der Waals surface area contributed by atoms with E-state index in [0.717, 1.165) is 6.26 Å². The molecule has 0 aromatic heterocycles. The van der Waals surface area contributed by atoms with Gasteiger partial charge in [-0.1, -0.05) is 15.9 Å². The SMILES string of the molecule is CS(=O)(=O)OCBr. The summed E-state index contributed by atoms with van der Waals surface area (Å²) in [6.45, 7) is 0. The molecule has 0 aromatic carbocycles. The average molecular weight is 189 g/mol. The minimum absolute atomic E-state index is 0.0336. The Kier molecular flexibility index (Phi) is 2.78. The van der Waals surface area contributed by atoms with Crippen LogP contribution >= 0.6 is 15.9 Å². The van der Waals surface area contributed by atoms with Crippen LogP contribution in [-0.2, 0) is 14.3 Å². The molecule has 0 spiro atoms. The van der Waals surface area contributed by atoms with Gasteiger partial charge in [0, 0.05) is 0 Å². The Hall–Kier alpha value is 0.390. The first kappa shape index (κ1) is 7.39. The zero-order chi connectivity index (χ0) is 5.91. The van der Waals surface area contributed by atoms with Crippen molar-refractivity contribution in [2.75, 3.05) is 11.8 Å². The molecule has 0 aliphatic heterocycles. The van der Waals surface area contributed by atoms with Crippen molar-refractivity contribution in [3.05, 3.63) is 0 Å². The monoisotopic (exact) mass is 188 g/mol. The van der Waals surface area contributed by atoms with Crippen LogP contribution in [0.2, 0.25) is 0 Å². The van der Waals surface area contributed by atoms with Gasteiger partial charge in [0.05, 0.1) is 6.26 Å². The molecule has 0 radical (unpaired) electrons. The van der Waals surface area contributed by atoms with E-state index in [1.54, 1.807) is 0 Å². The Morgan fingerprint density at radius 2 is 2.14 bits per heavy atom. The number of rotatable bonds is 2. The van der Waals surface area contributed by atoms with Crippen LogP contribution in [0.3, 0.4) is 0 Å². The molecular formula is C2H5BrO3S. The molecule has 0 fully saturated rings. The highest BCUT2D eigenvalue weighted by atomic mass is 79.9. The van der Waals surface area contributed by atoms with E-state index in [1.807, 2.05) is 0 Å². The standard InChI is InChI=1S/C2H5BrO3S/c1-7(4,5)6-2-3/h2H2,1H3. The van der Waals surface area contributed by atoms with Gasteiger partial charge in [-0.2, -0.15) is 8.42 Å². The maximum absolute atomic E-state index is 9.98. The van der Waals surface area contributed by atoms with E-state index < -0.39 is 10.1 Å². The van der Waals surface area contributed by atoms with Gasteiger partial charge in [0.1, 0.15) is 5.52 Å². The second kappa shape index (κ2) is 2.64. The summed E-state index contributed by atoms with van der Waals surface area (Å²) >= 11 is 2.78. The molecule has 5 heteroatoms. The number of hydrogen-bond acceptors (Lipinski definition) is 3. The van der Waals surface area contributed by atoms with Gasteiger partial charge in [0.15, 0.2) is 0 Å². The van der Waals surface area contributed by atoms with Crippen LogP contribution in [-0.4, -0.2) is 20.2 Å². The first-order valence-electron chi connectivity index (χ1n) is 1.46. The zero-order valence-electron chi connectivity index (χ0n) is 3.72. The molecule has 0 saturated carbocycles. The van der Waals surface area contributed by atoms with Crippen LogP contribution in [0.5, 0.6) is 0 Å². The van der Waals surface area contributed by atoms with E-state index in [-0.39, 0.29) is 5.52 Å². The molecule has 0 amide bonds. The molecule has 44 valence electrons. The fourth-order valence-corrected chi connectivity index (χ4v) is 1.26. The predicted molar refractivity (Wildman–Crippen MR) is 29.7 cm³/mol. The van der Waals surface area contributed by atoms with Crippen LogP contribution in [0.4, 0.5) is 0 Å². The highest BCUT2D eigenvalue weighted by Crippen LogP contribution is 1.88. The summed E-state index contributed by atoms with van der Waals surface area (Å²) in [5.41, 5.74) is 0.0336. The van der Waals surface area contributed by atoms with Gasteiger partial charge < -0.3 is 0 Å². The predicted octanol–water partition coefficient (Wildman–Crippen LogP) is 0.315. The van der Waals surface area contributed by atoms with Gasteiger partial charge >= 0.3 is 0 Å². The molecular weight excluding hydrogens is 184 g/mol. The summed E-state index contributed by atoms with van der Waals surface area (Å²) in [6, 6.07) is 0. The summed E-state index contributed by atoms with van der Waals surface area (Å²) in [5, 5.41) is 0. The summed E-state index contributed by atoms with van der Waals surface area (Å²) in [5.74, 6) is 0. The van der Waals surface area contributed by atoms with Gasteiger partial charge in [-0.3, -0.25) is 4.18 Å². The molecule has 0 saturated heterocycles. The van der Waals surface area contributed by atoms with Crippen molar-refractivity contribution < 1.29 is 12.6 Å². The zero-order valence-corrected chi connectivity index (χ0v) is 6.12. The fraction of sp³-hybridized carbons (Fsp3) is 1.00. The van der Waals surface area contributed by atoms with Crippen LogP contribution in [0.25, 0.3) is 0 Å². The molecule has 0 atom stereocenters.